The van der Waals surface area contributed by atoms with E-state index in [-0.39, 0.29) is 24.0 Å². The van der Waals surface area contributed by atoms with Gasteiger partial charge in [-0.1, -0.05) is 12.1 Å². The van der Waals surface area contributed by atoms with E-state index in [1.54, 1.807) is 23.1 Å². The Morgan fingerprint density at radius 1 is 1.17 bits per heavy atom. The second-order valence-corrected chi connectivity index (χ2v) is 5.37. The Hall–Kier alpha value is -2.90. The largest absolute Gasteiger partial charge is 0.451 e. The molecule has 0 spiro atoms. The number of anilines is 1. The van der Waals surface area contributed by atoms with Crippen molar-refractivity contribution in [3.63, 3.8) is 0 Å². The number of carbonyl (C=O) groups excluding carboxylic acids is 2. The molecule has 0 unspecified atom stereocenters. The molecule has 0 atom stereocenters. The fourth-order valence-corrected chi connectivity index (χ4v) is 2.57. The van der Waals surface area contributed by atoms with Gasteiger partial charge < -0.3 is 14.5 Å². The number of rotatable bonds is 4. The number of aromatic amines is 1. The lowest BCUT2D eigenvalue weighted by Crippen LogP contribution is -2.50. The van der Waals surface area contributed by atoms with Crippen LogP contribution in [0.3, 0.4) is 0 Å². The van der Waals surface area contributed by atoms with Crippen LogP contribution in [0.1, 0.15) is 10.5 Å². The van der Waals surface area contributed by atoms with Crippen molar-refractivity contribution in [2.45, 2.75) is 0 Å². The third-order valence-electron chi connectivity index (χ3n) is 3.87. The van der Waals surface area contributed by atoms with E-state index in [4.69, 9.17) is 4.74 Å². The highest BCUT2D eigenvalue weighted by atomic mass is 19.1. The van der Waals surface area contributed by atoms with E-state index in [1.807, 2.05) is 4.90 Å². The Labute approximate surface area is 138 Å². The Balaban J connectivity index is 1.48. The number of halogens is 1. The number of hydrogen-bond donors (Lipinski definition) is 1. The second kappa shape index (κ2) is 7.12. The number of aromatic nitrogens is 2. The van der Waals surface area contributed by atoms with Gasteiger partial charge in [0.2, 0.25) is 0 Å². The average molecular weight is 332 g/mol. The summed E-state index contributed by atoms with van der Waals surface area (Å²) in [6.07, 6.45) is 1.43. The molecular weight excluding hydrogens is 315 g/mol. The van der Waals surface area contributed by atoms with Gasteiger partial charge in [-0.3, -0.25) is 9.89 Å². The number of hydrogen-bond acceptors (Lipinski definition) is 5. The number of amides is 1. The van der Waals surface area contributed by atoms with Crippen LogP contribution in [0, 0.1) is 5.82 Å². The van der Waals surface area contributed by atoms with Crippen LogP contribution in [-0.4, -0.2) is 59.8 Å². The lowest BCUT2D eigenvalue weighted by atomic mass is 10.2. The highest BCUT2D eigenvalue weighted by Gasteiger charge is 2.23. The molecule has 2 aromatic rings. The Bertz CT molecular complexity index is 712. The Morgan fingerprint density at radius 2 is 1.92 bits per heavy atom. The quantitative estimate of drug-likeness (QED) is 0.847. The number of nitrogens with one attached hydrogen (secondary N) is 1. The van der Waals surface area contributed by atoms with E-state index < -0.39 is 5.97 Å². The van der Waals surface area contributed by atoms with Gasteiger partial charge in [-0.25, -0.2) is 9.18 Å². The van der Waals surface area contributed by atoms with E-state index in [1.165, 1.54) is 18.3 Å². The lowest BCUT2D eigenvalue weighted by Gasteiger charge is -2.36. The number of nitrogens with zero attached hydrogens (tertiary/aromatic N) is 3. The molecule has 24 heavy (non-hydrogen) atoms. The Morgan fingerprint density at radius 3 is 2.58 bits per heavy atom. The van der Waals surface area contributed by atoms with Crippen LogP contribution < -0.4 is 4.90 Å². The first kappa shape index (κ1) is 16.0. The third kappa shape index (κ3) is 3.53. The maximum Gasteiger partial charge on any atom is 0.356 e. The predicted octanol–water partition coefficient (Wildman–Crippen LogP) is 1.05. The van der Waals surface area contributed by atoms with E-state index in [2.05, 4.69) is 10.2 Å². The normalized spacial score (nSPS) is 14.5. The minimum Gasteiger partial charge on any atom is -0.451 e. The van der Waals surface area contributed by atoms with Crippen LogP contribution >= 0.6 is 0 Å². The molecule has 1 aliphatic rings. The summed E-state index contributed by atoms with van der Waals surface area (Å²) in [4.78, 5) is 27.3. The van der Waals surface area contributed by atoms with Crippen molar-refractivity contribution in [1.82, 2.24) is 15.1 Å². The summed E-state index contributed by atoms with van der Waals surface area (Å²) in [5, 5.41) is 6.12. The molecule has 126 valence electrons. The van der Waals surface area contributed by atoms with Gasteiger partial charge in [-0.2, -0.15) is 5.10 Å². The maximum absolute atomic E-state index is 13.8. The van der Waals surface area contributed by atoms with Crippen LogP contribution in [0.15, 0.2) is 36.5 Å². The molecule has 1 aliphatic heterocycles. The fourth-order valence-electron chi connectivity index (χ4n) is 2.57. The van der Waals surface area contributed by atoms with E-state index in [9.17, 15) is 14.0 Å². The molecule has 1 saturated heterocycles. The molecule has 2 heterocycles. The van der Waals surface area contributed by atoms with Crippen LogP contribution in [0.2, 0.25) is 0 Å². The van der Waals surface area contributed by atoms with Gasteiger partial charge >= 0.3 is 5.97 Å². The highest BCUT2D eigenvalue weighted by molar-refractivity contribution is 5.89. The molecule has 7 nitrogen and oxygen atoms in total. The summed E-state index contributed by atoms with van der Waals surface area (Å²) in [6.45, 7) is 1.64. The first-order chi connectivity index (χ1) is 11.6. The highest BCUT2D eigenvalue weighted by Crippen LogP contribution is 2.20. The molecule has 0 saturated carbocycles. The third-order valence-corrected chi connectivity index (χ3v) is 3.87. The minimum absolute atomic E-state index is 0.201. The molecule has 0 radical (unpaired) electrons. The van der Waals surface area contributed by atoms with Gasteiger partial charge in [0.25, 0.3) is 5.91 Å². The average Bonchev–Trinajstić information content (AvgIpc) is 3.15. The zero-order chi connectivity index (χ0) is 16.9. The molecular formula is C16H17FN4O3. The van der Waals surface area contributed by atoms with Crippen molar-refractivity contribution in [1.29, 1.82) is 0 Å². The van der Waals surface area contributed by atoms with Gasteiger partial charge in [-0.15, -0.1) is 0 Å². The van der Waals surface area contributed by atoms with Crippen molar-refractivity contribution < 1.29 is 18.7 Å². The van der Waals surface area contributed by atoms with Crippen LogP contribution in [0.4, 0.5) is 10.1 Å². The van der Waals surface area contributed by atoms with E-state index in [0.717, 1.165) is 0 Å². The smallest absolute Gasteiger partial charge is 0.356 e. The number of H-pyrrole nitrogens is 1. The molecule has 3 rings (SSSR count). The number of ether oxygens (including phenoxy) is 1. The van der Waals surface area contributed by atoms with E-state index in [0.29, 0.717) is 31.9 Å². The lowest BCUT2D eigenvalue weighted by molar-refractivity contribution is -0.134. The van der Waals surface area contributed by atoms with Gasteiger partial charge in [-0.05, 0) is 18.2 Å². The fraction of sp³-hybridized carbons (Fsp3) is 0.312. The first-order valence-electron chi connectivity index (χ1n) is 7.59. The summed E-state index contributed by atoms with van der Waals surface area (Å²) >= 11 is 0. The molecule has 1 amide bonds. The molecule has 1 fully saturated rings. The van der Waals surface area contributed by atoms with Gasteiger partial charge in [0.1, 0.15) is 11.5 Å². The maximum atomic E-state index is 13.8. The number of piperazine rings is 1. The zero-order valence-corrected chi connectivity index (χ0v) is 12.9. The van der Waals surface area contributed by atoms with E-state index >= 15 is 0 Å². The monoisotopic (exact) mass is 332 g/mol. The van der Waals surface area contributed by atoms with Crippen molar-refractivity contribution in [2.24, 2.45) is 0 Å². The number of esters is 1. The summed E-state index contributed by atoms with van der Waals surface area (Å²) < 4.78 is 18.7. The van der Waals surface area contributed by atoms with Crippen molar-refractivity contribution in [3.05, 3.63) is 48.0 Å². The number of carbonyl (C=O) groups is 2. The molecule has 1 aromatic heterocycles. The van der Waals surface area contributed by atoms with Crippen molar-refractivity contribution in [2.75, 3.05) is 37.7 Å². The standard InChI is InChI=1S/C16H17FN4O3/c17-12-3-1-2-4-14(12)20-7-9-21(10-8-20)15(22)11-24-16(23)13-5-6-18-19-13/h1-6H,7-11H2,(H,18,19). The number of para-hydroxylation sites is 1. The predicted molar refractivity (Wildman–Crippen MR) is 84.1 cm³/mol. The van der Waals surface area contributed by atoms with Crippen LogP contribution in [-0.2, 0) is 9.53 Å². The zero-order valence-electron chi connectivity index (χ0n) is 12.9. The second-order valence-electron chi connectivity index (χ2n) is 5.37. The topological polar surface area (TPSA) is 78.5 Å². The van der Waals surface area contributed by atoms with Gasteiger partial charge in [0.15, 0.2) is 6.61 Å². The van der Waals surface area contributed by atoms with Gasteiger partial charge in [0.05, 0.1) is 5.69 Å². The van der Waals surface area contributed by atoms with Crippen LogP contribution in [0.25, 0.3) is 0 Å². The molecule has 1 N–H and O–H groups in total. The first-order valence-corrected chi connectivity index (χ1v) is 7.59. The minimum atomic E-state index is -0.620. The summed E-state index contributed by atoms with van der Waals surface area (Å²) in [5.74, 6) is -1.16. The molecule has 1 aromatic carbocycles. The SMILES string of the molecule is O=C(OCC(=O)N1CCN(c2ccccc2F)CC1)c1ccn[nH]1. The number of benzene rings is 1. The van der Waals surface area contributed by atoms with Crippen LogP contribution in [0.5, 0.6) is 0 Å². The summed E-state index contributed by atoms with van der Waals surface area (Å²) in [6, 6.07) is 8.04. The Kier molecular flexibility index (Phi) is 4.74. The molecule has 8 heteroatoms. The van der Waals surface area contributed by atoms with Crippen molar-refractivity contribution >= 4 is 17.6 Å². The molecule has 0 bridgehead atoms. The summed E-state index contributed by atoms with van der Waals surface area (Å²) in [5.41, 5.74) is 0.738. The van der Waals surface area contributed by atoms with Gasteiger partial charge in [0, 0.05) is 32.4 Å². The summed E-state index contributed by atoms with van der Waals surface area (Å²) in [7, 11) is 0. The molecule has 0 aliphatic carbocycles. The van der Waals surface area contributed by atoms with Crippen molar-refractivity contribution in [3.8, 4) is 0 Å².